The highest BCUT2D eigenvalue weighted by Crippen LogP contribution is 2.20. The van der Waals surface area contributed by atoms with Crippen LogP contribution in [0.3, 0.4) is 0 Å². The van der Waals surface area contributed by atoms with Crippen molar-refractivity contribution in [1.29, 1.82) is 0 Å². The Hall–Kier alpha value is -1.69. The zero-order chi connectivity index (χ0) is 13.7. The number of nitrogens with one attached hydrogen (secondary N) is 1. The number of carboxylic acids is 1. The second kappa shape index (κ2) is 6.47. The molecule has 2 rings (SSSR count). The molecule has 2 atom stereocenters. The Balaban J connectivity index is 1.86. The predicted molar refractivity (Wildman–Crippen MR) is 72.3 cm³/mol. The number of carboxylic acid groups (broad SMARTS) is 1. The molecule has 2 N–H and O–H groups in total. The fraction of sp³-hybridized carbons (Fsp3) is 0.385. The molecule has 6 heteroatoms. The Morgan fingerprint density at radius 3 is 2.79 bits per heavy atom. The highest BCUT2D eigenvalue weighted by molar-refractivity contribution is 8.00. The number of ether oxygens (including phenoxy) is 1. The van der Waals surface area contributed by atoms with Crippen molar-refractivity contribution < 1.29 is 19.4 Å². The Kier molecular flexibility index (Phi) is 4.68. The topological polar surface area (TPSA) is 75.6 Å². The molecular formula is C13H15NO4S. The van der Waals surface area contributed by atoms with Crippen LogP contribution in [0.5, 0.6) is 0 Å². The number of carbonyl (C=O) groups excluding carboxylic acids is 1. The van der Waals surface area contributed by atoms with Crippen LogP contribution in [0.2, 0.25) is 0 Å². The lowest BCUT2D eigenvalue weighted by atomic mass is 10.1. The van der Waals surface area contributed by atoms with Gasteiger partial charge in [0, 0.05) is 5.75 Å². The summed E-state index contributed by atoms with van der Waals surface area (Å²) in [4.78, 5) is 22.1. The molecule has 1 aromatic carbocycles. The zero-order valence-corrected chi connectivity index (χ0v) is 11.1. The van der Waals surface area contributed by atoms with Crippen molar-refractivity contribution in [1.82, 2.24) is 5.32 Å². The number of rotatable bonds is 6. The molecule has 0 aliphatic carbocycles. The summed E-state index contributed by atoms with van der Waals surface area (Å²) in [5.41, 5.74) is 0.990. The van der Waals surface area contributed by atoms with Gasteiger partial charge in [0.2, 0.25) is 0 Å². The third-order valence-electron chi connectivity index (χ3n) is 2.77. The van der Waals surface area contributed by atoms with E-state index in [9.17, 15) is 14.7 Å². The van der Waals surface area contributed by atoms with Crippen molar-refractivity contribution in [3.05, 3.63) is 35.9 Å². The summed E-state index contributed by atoms with van der Waals surface area (Å²) < 4.78 is 4.98. The van der Waals surface area contributed by atoms with E-state index in [2.05, 4.69) is 5.32 Å². The van der Waals surface area contributed by atoms with Gasteiger partial charge >= 0.3 is 12.1 Å². The molecule has 0 radical (unpaired) electrons. The van der Waals surface area contributed by atoms with E-state index in [4.69, 9.17) is 4.74 Å². The molecule has 1 aliphatic heterocycles. The van der Waals surface area contributed by atoms with Gasteiger partial charge in [-0.2, -0.15) is 0 Å². The van der Waals surface area contributed by atoms with Crippen LogP contribution in [0.1, 0.15) is 5.56 Å². The summed E-state index contributed by atoms with van der Waals surface area (Å²) in [6.45, 7) is 0.448. The standard InChI is InChI=1S/C13H15NO4S/c15-12(16)11(6-9-4-2-1-3-5-9)19-8-10-7-14-13(17)18-10/h1-5,10-11H,6-8H2,(H,14,17)(H,15,16). The van der Waals surface area contributed by atoms with Gasteiger partial charge in [0.15, 0.2) is 0 Å². The average molecular weight is 281 g/mol. The molecule has 1 amide bonds. The van der Waals surface area contributed by atoms with Gasteiger partial charge in [-0.3, -0.25) is 4.79 Å². The SMILES string of the molecule is O=C1NCC(CSC(Cc2ccccc2)C(=O)O)O1. The van der Waals surface area contributed by atoms with Gasteiger partial charge in [-0.15, -0.1) is 11.8 Å². The minimum atomic E-state index is -0.842. The quantitative estimate of drug-likeness (QED) is 0.827. The van der Waals surface area contributed by atoms with Crippen LogP contribution in [-0.4, -0.2) is 40.8 Å². The van der Waals surface area contributed by atoms with Gasteiger partial charge < -0.3 is 15.2 Å². The molecule has 0 bridgehead atoms. The summed E-state index contributed by atoms with van der Waals surface area (Å²) in [7, 11) is 0. The van der Waals surface area contributed by atoms with Gasteiger partial charge in [0.05, 0.1) is 6.54 Å². The Morgan fingerprint density at radius 1 is 1.47 bits per heavy atom. The first-order valence-corrected chi connectivity index (χ1v) is 7.03. The van der Waals surface area contributed by atoms with E-state index in [1.165, 1.54) is 11.8 Å². The first-order chi connectivity index (χ1) is 9.15. The van der Waals surface area contributed by atoms with Crippen LogP contribution in [-0.2, 0) is 16.0 Å². The van der Waals surface area contributed by atoms with E-state index in [1.807, 2.05) is 30.3 Å². The lowest BCUT2D eigenvalue weighted by molar-refractivity contribution is -0.136. The second-order valence-electron chi connectivity index (χ2n) is 4.26. The molecule has 5 nitrogen and oxygen atoms in total. The van der Waals surface area contributed by atoms with Crippen molar-refractivity contribution in [3.8, 4) is 0 Å². The van der Waals surface area contributed by atoms with Crippen LogP contribution in [0.4, 0.5) is 4.79 Å². The predicted octanol–water partition coefficient (Wildman–Crippen LogP) is 1.52. The van der Waals surface area contributed by atoms with Gasteiger partial charge in [-0.05, 0) is 12.0 Å². The third-order valence-corrected chi connectivity index (χ3v) is 4.11. The van der Waals surface area contributed by atoms with Crippen molar-refractivity contribution in [3.63, 3.8) is 0 Å². The van der Waals surface area contributed by atoms with Crippen LogP contribution in [0, 0.1) is 0 Å². The summed E-state index contributed by atoms with van der Waals surface area (Å²) in [6.07, 6.45) is -0.203. The minimum absolute atomic E-state index is 0.241. The first-order valence-electron chi connectivity index (χ1n) is 5.98. The first kappa shape index (κ1) is 13.7. The monoisotopic (exact) mass is 281 g/mol. The maximum absolute atomic E-state index is 11.2. The van der Waals surface area contributed by atoms with Crippen molar-refractivity contribution >= 4 is 23.8 Å². The summed E-state index contributed by atoms with van der Waals surface area (Å²) in [5, 5.41) is 11.2. The van der Waals surface area contributed by atoms with Crippen molar-refractivity contribution in [2.75, 3.05) is 12.3 Å². The highest BCUT2D eigenvalue weighted by atomic mass is 32.2. The summed E-state index contributed by atoms with van der Waals surface area (Å²) in [5.74, 6) is -0.353. The molecule has 0 saturated carbocycles. The lowest BCUT2D eigenvalue weighted by Gasteiger charge is -2.14. The second-order valence-corrected chi connectivity index (χ2v) is 5.49. The molecule has 19 heavy (non-hydrogen) atoms. The van der Waals surface area contributed by atoms with Crippen LogP contribution in [0.15, 0.2) is 30.3 Å². The van der Waals surface area contributed by atoms with Gasteiger partial charge in [0.25, 0.3) is 0 Å². The number of cyclic esters (lactones) is 1. The molecule has 1 heterocycles. The molecular weight excluding hydrogens is 266 g/mol. The fourth-order valence-corrected chi connectivity index (χ4v) is 2.88. The number of thioether (sulfide) groups is 1. The largest absolute Gasteiger partial charge is 0.480 e. The molecule has 1 aromatic rings. The van der Waals surface area contributed by atoms with Crippen LogP contribution in [0.25, 0.3) is 0 Å². The zero-order valence-electron chi connectivity index (χ0n) is 10.2. The van der Waals surface area contributed by atoms with E-state index in [-0.39, 0.29) is 6.10 Å². The van der Waals surface area contributed by atoms with Gasteiger partial charge in [0.1, 0.15) is 11.4 Å². The number of amides is 1. The summed E-state index contributed by atoms with van der Waals surface area (Å²) in [6, 6.07) is 9.50. The number of aliphatic carboxylic acids is 1. The van der Waals surface area contributed by atoms with Crippen LogP contribution >= 0.6 is 11.8 Å². The van der Waals surface area contributed by atoms with Crippen molar-refractivity contribution in [2.24, 2.45) is 0 Å². The Labute approximate surface area is 115 Å². The Morgan fingerprint density at radius 2 is 2.21 bits per heavy atom. The third kappa shape index (κ3) is 4.17. The highest BCUT2D eigenvalue weighted by Gasteiger charge is 2.26. The fourth-order valence-electron chi connectivity index (χ4n) is 1.79. The Bertz CT molecular complexity index is 451. The molecule has 0 aromatic heterocycles. The summed E-state index contributed by atoms with van der Waals surface area (Å²) >= 11 is 1.31. The average Bonchev–Trinajstić information content (AvgIpc) is 2.81. The van der Waals surface area contributed by atoms with Crippen molar-refractivity contribution in [2.45, 2.75) is 17.8 Å². The van der Waals surface area contributed by atoms with E-state index >= 15 is 0 Å². The molecule has 102 valence electrons. The number of alkyl carbamates (subject to hydrolysis) is 1. The number of carbonyl (C=O) groups is 2. The van der Waals surface area contributed by atoms with E-state index in [0.29, 0.717) is 18.7 Å². The van der Waals surface area contributed by atoms with E-state index in [0.717, 1.165) is 5.56 Å². The van der Waals surface area contributed by atoms with Crippen LogP contribution < -0.4 is 5.32 Å². The van der Waals surface area contributed by atoms with Gasteiger partial charge in [-0.25, -0.2) is 4.79 Å². The van der Waals surface area contributed by atoms with E-state index < -0.39 is 17.3 Å². The molecule has 1 aliphatic rings. The maximum atomic E-state index is 11.2. The molecule has 0 spiro atoms. The molecule has 1 fully saturated rings. The smallest absolute Gasteiger partial charge is 0.407 e. The number of benzene rings is 1. The van der Waals surface area contributed by atoms with E-state index in [1.54, 1.807) is 0 Å². The number of hydrogen-bond acceptors (Lipinski definition) is 4. The maximum Gasteiger partial charge on any atom is 0.407 e. The lowest BCUT2D eigenvalue weighted by Crippen LogP contribution is -2.24. The normalized spacial score (nSPS) is 19.6. The number of hydrogen-bond donors (Lipinski definition) is 2. The molecule has 1 saturated heterocycles. The molecule has 2 unspecified atom stereocenters. The minimum Gasteiger partial charge on any atom is -0.480 e. The van der Waals surface area contributed by atoms with Gasteiger partial charge in [-0.1, -0.05) is 30.3 Å².